The van der Waals surface area contributed by atoms with Gasteiger partial charge in [-0.15, -0.1) is 0 Å². The van der Waals surface area contributed by atoms with Gasteiger partial charge in [-0.25, -0.2) is 0 Å². The molecule has 0 saturated heterocycles. The zero-order valence-corrected chi connectivity index (χ0v) is 17.4. The average Bonchev–Trinajstić information content (AvgIpc) is 3.06. The van der Waals surface area contributed by atoms with Crippen LogP contribution >= 0.6 is 0 Å². The molecule has 0 radical (unpaired) electrons. The molecule has 30 heavy (non-hydrogen) atoms. The van der Waals surface area contributed by atoms with Gasteiger partial charge in [-0.3, -0.25) is 19.7 Å². The molecule has 7 heteroatoms. The van der Waals surface area contributed by atoms with Gasteiger partial charge in [-0.2, -0.15) is 0 Å². The number of rotatable bonds is 7. The molecule has 0 bridgehead atoms. The fraction of sp³-hybridized carbons (Fsp3) is 0.217. The summed E-state index contributed by atoms with van der Waals surface area (Å²) in [6.45, 7) is 5.50. The number of aryl methyl sites for hydroxylation is 2. The van der Waals surface area contributed by atoms with E-state index in [2.05, 4.69) is 10.7 Å². The minimum absolute atomic E-state index is 0.228. The van der Waals surface area contributed by atoms with E-state index < -0.39 is 6.10 Å². The van der Waals surface area contributed by atoms with Gasteiger partial charge in [0, 0.05) is 22.6 Å². The molecule has 2 amide bonds. The molecule has 156 valence electrons. The first-order valence-electron chi connectivity index (χ1n) is 9.55. The lowest BCUT2D eigenvalue weighted by atomic mass is 10.2. The van der Waals surface area contributed by atoms with Crippen molar-refractivity contribution in [3.05, 3.63) is 77.6 Å². The number of carbonyl (C=O) groups is 2. The number of anilines is 1. The second-order valence-corrected chi connectivity index (χ2v) is 6.89. The molecule has 1 unspecified atom stereocenters. The second kappa shape index (κ2) is 9.17. The molecule has 2 N–H and O–H groups in total. The van der Waals surface area contributed by atoms with Gasteiger partial charge < -0.3 is 14.8 Å². The quantitative estimate of drug-likeness (QED) is 0.622. The van der Waals surface area contributed by atoms with E-state index in [-0.39, 0.29) is 11.8 Å². The Bertz CT molecular complexity index is 1000. The Balaban J connectivity index is 1.57. The molecule has 0 saturated carbocycles. The number of amides is 2. The third kappa shape index (κ3) is 5.00. The Morgan fingerprint density at radius 1 is 0.867 bits per heavy atom. The van der Waals surface area contributed by atoms with E-state index >= 15 is 0 Å². The lowest BCUT2D eigenvalue weighted by molar-refractivity contribution is -0.122. The van der Waals surface area contributed by atoms with Crippen molar-refractivity contribution in [2.45, 2.75) is 26.9 Å². The zero-order valence-electron chi connectivity index (χ0n) is 17.4. The predicted octanol–water partition coefficient (Wildman–Crippen LogP) is 3.90. The lowest BCUT2D eigenvalue weighted by Crippen LogP contribution is -2.30. The standard InChI is InChI=1S/C23H25N3O4/c1-15-5-6-16(2)26(15)25-23(28)18-7-11-21(12-8-18)30-17(3)22(27)24-19-9-13-20(29-4)14-10-19/h5-14,17H,1-4H3,(H,24,27)(H,25,28). The van der Waals surface area contributed by atoms with Gasteiger partial charge in [0.2, 0.25) is 0 Å². The monoisotopic (exact) mass is 407 g/mol. The van der Waals surface area contributed by atoms with Gasteiger partial charge in [-0.1, -0.05) is 0 Å². The third-order valence-electron chi connectivity index (χ3n) is 4.64. The van der Waals surface area contributed by atoms with Crippen molar-refractivity contribution in [3.8, 4) is 11.5 Å². The van der Waals surface area contributed by atoms with E-state index in [0.29, 0.717) is 22.7 Å². The fourth-order valence-corrected chi connectivity index (χ4v) is 2.87. The summed E-state index contributed by atoms with van der Waals surface area (Å²) < 4.78 is 12.5. The van der Waals surface area contributed by atoms with Crippen LogP contribution in [0.2, 0.25) is 0 Å². The SMILES string of the molecule is COc1ccc(NC(=O)C(C)Oc2ccc(C(=O)Nn3c(C)ccc3C)cc2)cc1. The summed E-state index contributed by atoms with van der Waals surface area (Å²) in [6.07, 6.45) is -0.711. The van der Waals surface area contributed by atoms with Gasteiger partial charge in [0.15, 0.2) is 6.10 Å². The van der Waals surface area contributed by atoms with E-state index in [1.54, 1.807) is 67.2 Å². The van der Waals surface area contributed by atoms with Crippen molar-refractivity contribution in [1.82, 2.24) is 4.68 Å². The van der Waals surface area contributed by atoms with Crippen LogP contribution in [0.3, 0.4) is 0 Å². The number of nitrogens with zero attached hydrogens (tertiary/aromatic N) is 1. The highest BCUT2D eigenvalue weighted by Crippen LogP contribution is 2.17. The molecule has 0 aliphatic rings. The maximum atomic E-state index is 12.5. The number of ether oxygens (including phenoxy) is 2. The predicted molar refractivity (Wildman–Crippen MR) is 116 cm³/mol. The molecular formula is C23H25N3O4. The molecule has 0 aliphatic heterocycles. The van der Waals surface area contributed by atoms with Crippen LogP contribution in [0.25, 0.3) is 0 Å². The molecule has 1 aromatic heterocycles. The molecular weight excluding hydrogens is 382 g/mol. The zero-order chi connectivity index (χ0) is 21.7. The largest absolute Gasteiger partial charge is 0.497 e. The summed E-state index contributed by atoms with van der Waals surface area (Å²) in [5, 5.41) is 2.79. The van der Waals surface area contributed by atoms with E-state index in [0.717, 1.165) is 11.4 Å². The first kappa shape index (κ1) is 21.0. The average molecular weight is 407 g/mol. The molecule has 0 aliphatic carbocycles. The summed E-state index contributed by atoms with van der Waals surface area (Å²) in [6, 6.07) is 17.6. The number of aromatic nitrogens is 1. The molecule has 3 rings (SSSR count). The molecule has 1 atom stereocenters. The number of hydrogen-bond donors (Lipinski definition) is 2. The molecule has 7 nitrogen and oxygen atoms in total. The fourth-order valence-electron chi connectivity index (χ4n) is 2.87. The Kier molecular flexibility index (Phi) is 6.41. The second-order valence-electron chi connectivity index (χ2n) is 6.89. The highest BCUT2D eigenvalue weighted by atomic mass is 16.5. The number of benzene rings is 2. The number of hydrogen-bond acceptors (Lipinski definition) is 4. The third-order valence-corrected chi connectivity index (χ3v) is 4.64. The molecule has 0 spiro atoms. The Morgan fingerprint density at radius 2 is 1.43 bits per heavy atom. The van der Waals surface area contributed by atoms with Crippen LogP contribution in [0, 0.1) is 13.8 Å². The van der Waals surface area contributed by atoms with Crippen molar-refractivity contribution in [2.24, 2.45) is 0 Å². The minimum Gasteiger partial charge on any atom is -0.497 e. The van der Waals surface area contributed by atoms with Gasteiger partial charge >= 0.3 is 0 Å². The Labute approximate surface area is 175 Å². The highest BCUT2D eigenvalue weighted by Gasteiger charge is 2.16. The summed E-state index contributed by atoms with van der Waals surface area (Å²) in [5.41, 5.74) is 5.88. The van der Waals surface area contributed by atoms with Crippen LogP contribution in [0.15, 0.2) is 60.7 Å². The first-order valence-corrected chi connectivity index (χ1v) is 9.55. The number of carbonyl (C=O) groups excluding carboxylic acids is 2. The maximum Gasteiger partial charge on any atom is 0.270 e. The smallest absolute Gasteiger partial charge is 0.270 e. The van der Waals surface area contributed by atoms with Crippen LogP contribution in [-0.2, 0) is 4.79 Å². The van der Waals surface area contributed by atoms with Crippen molar-refractivity contribution >= 4 is 17.5 Å². The summed E-state index contributed by atoms with van der Waals surface area (Å²) >= 11 is 0. The van der Waals surface area contributed by atoms with Crippen molar-refractivity contribution in [1.29, 1.82) is 0 Å². The summed E-state index contributed by atoms with van der Waals surface area (Å²) in [7, 11) is 1.58. The number of nitrogens with one attached hydrogen (secondary N) is 2. The van der Waals surface area contributed by atoms with Crippen LogP contribution in [0.5, 0.6) is 11.5 Å². The maximum absolute atomic E-state index is 12.5. The highest BCUT2D eigenvalue weighted by molar-refractivity contribution is 6.00. The lowest BCUT2D eigenvalue weighted by Gasteiger charge is -2.15. The van der Waals surface area contributed by atoms with E-state index in [1.165, 1.54) is 0 Å². The Hall–Kier alpha value is -3.74. The van der Waals surface area contributed by atoms with Crippen LogP contribution in [0.1, 0.15) is 28.7 Å². The molecule has 0 fully saturated rings. The molecule has 1 heterocycles. The van der Waals surface area contributed by atoms with Crippen molar-refractivity contribution < 1.29 is 19.1 Å². The van der Waals surface area contributed by atoms with Crippen molar-refractivity contribution in [3.63, 3.8) is 0 Å². The summed E-state index contributed by atoms with van der Waals surface area (Å²) in [5.74, 6) is 0.704. The van der Waals surface area contributed by atoms with E-state index in [4.69, 9.17) is 9.47 Å². The van der Waals surface area contributed by atoms with Crippen LogP contribution in [0.4, 0.5) is 5.69 Å². The van der Waals surface area contributed by atoms with Crippen LogP contribution < -0.4 is 20.2 Å². The minimum atomic E-state index is -0.711. The van der Waals surface area contributed by atoms with Gasteiger partial charge in [0.05, 0.1) is 7.11 Å². The van der Waals surface area contributed by atoms with E-state index in [9.17, 15) is 9.59 Å². The van der Waals surface area contributed by atoms with E-state index in [1.807, 2.05) is 26.0 Å². The van der Waals surface area contributed by atoms with Gasteiger partial charge in [-0.05, 0) is 81.4 Å². The normalized spacial score (nSPS) is 11.5. The molecule has 3 aromatic rings. The summed E-state index contributed by atoms with van der Waals surface area (Å²) in [4.78, 5) is 24.8. The Morgan fingerprint density at radius 3 is 2.00 bits per heavy atom. The first-order chi connectivity index (χ1) is 14.4. The topological polar surface area (TPSA) is 81.6 Å². The van der Waals surface area contributed by atoms with Crippen molar-refractivity contribution in [2.75, 3.05) is 17.9 Å². The number of methoxy groups -OCH3 is 1. The molecule has 2 aromatic carbocycles. The van der Waals surface area contributed by atoms with Gasteiger partial charge in [0.25, 0.3) is 11.8 Å². The van der Waals surface area contributed by atoms with Crippen LogP contribution in [-0.4, -0.2) is 29.7 Å². The van der Waals surface area contributed by atoms with Gasteiger partial charge in [0.1, 0.15) is 11.5 Å².